The Morgan fingerprint density at radius 3 is 2.35 bits per heavy atom. The summed E-state index contributed by atoms with van der Waals surface area (Å²) in [6.45, 7) is 0.543. The lowest BCUT2D eigenvalue weighted by Crippen LogP contribution is -2.48. The van der Waals surface area contributed by atoms with E-state index < -0.39 is 24.1 Å². The van der Waals surface area contributed by atoms with Crippen LogP contribution in [0.5, 0.6) is 0 Å². The number of carbonyl (C=O) groups is 3. The second-order valence-electron chi connectivity index (χ2n) is 8.56. The molecule has 4 rings (SSSR count). The van der Waals surface area contributed by atoms with Gasteiger partial charge in [0.2, 0.25) is 5.91 Å². The Hall–Kier alpha value is -3.43. The molecule has 34 heavy (non-hydrogen) atoms. The monoisotopic (exact) mass is 468 g/mol. The van der Waals surface area contributed by atoms with Crippen LogP contribution in [0.15, 0.2) is 48.5 Å². The first-order chi connectivity index (χ1) is 16.4. The fraction of sp³-hybridized carbons (Fsp3) is 0.400. The molecule has 1 aliphatic carbocycles. The first-order valence-corrected chi connectivity index (χ1v) is 11.3. The Bertz CT molecular complexity index is 1010. The molecular weight excluding hydrogens is 440 g/mol. The number of carbonyl (C=O) groups excluding carboxylic acids is 2. The predicted molar refractivity (Wildman–Crippen MR) is 122 cm³/mol. The van der Waals surface area contributed by atoms with Crippen molar-refractivity contribution in [2.24, 2.45) is 5.92 Å². The van der Waals surface area contributed by atoms with E-state index in [0.29, 0.717) is 13.0 Å². The zero-order chi connectivity index (χ0) is 24.1. The maximum Gasteiger partial charge on any atom is 0.407 e. The van der Waals surface area contributed by atoms with Gasteiger partial charge in [0.05, 0.1) is 13.2 Å². The van der Waals surface area contributed by atoms with Crippen molar-refractivity contribution in [1.29, 1.82) is 0 Å². The molecule has 1 heterocycles. The lowest BCUT2D eigenvalue weighted by atomic mass is 9.92. The molecule has 0 radical (unpaired) electrons. The van der Waals surface area contributed by atoms with Crippen molar-refractivity contribution in [2.45, 2.75) is 30.9 Å². The quantitative estimate of drug-likeness (QED) is 0.465. The summed E-state index contributed by atoms with van der Waals surface area (Å²) >= 11 is 0. The van der Waals surface area contributed by atoms with Gasteiger partial charge < -0.3 is 30.3 Å². The van der Waals surface area contributed by atoms with Crippen LogP contribution in [0.1, 0.15) is 29.9 Å². The third kappa shape index (κ3) is 5.37. The smallest absolute Gasteiger partial charge is 0.407 e. The highest BCUT2D eigenvalue weighted by molar-refractivity contribution is 5.79. The van der Waals surface area contributed by atoms with E-state index in [9.17, 15) is 19.5 Å². The number of carboxylic acid groups (broad SMARTS) is 1. The first kappa shape index (κ1) is 23.7. The average molecular weight is 469 g/mol. The Balaban J connectivity index is 1.32. The number of amides is 2. The minimum absolute atomic E-state index is 0.0284. The molecule has 1 aliphatic heterocycles. The van der Waals surface area contributed by atoms with E-state index in [1.807, 2.05) is 24.3 Å². The summed E-state index contributed by atoms with van der Waals surface area (Å²) in [5, 5.41) is 23.3. The lowest BCUT2D eigenvalue weighted by molar-refractivity contribution is -0.146. The van der Waals surface area contributed by atoms with Crippen molar-refractivity contribution in [3.8, 4) is 11.1 Å². The second-order valence-corrected chi connectivity index (χ2v) is 8.56. The number of aliphatic hydroxyl groups excluding tert-OH is 1. The SMILES string of the molecule is O=C(CC1COCCC1NC(=O)OCC1c2ccccc2-c2ccccc21)NC[C@H](O)C(=O)O. The van der Waals surface area contributed by atoms with Gasteiger partial charge in [-0.25, -0.2) is 9.59 Å². The summed E-state index contributed by atoms with van der Waals surface area (Å²) in [4.78, 5) is 35.5. The highest BCUT2D eigenvalue weighted by atomic mass is 16.5. The summed E-state index contributed by atoms with van der Waals surface area (Å²) in [6.07, 6.45) is -1.66. The predicted octanol–water partition coefficient (Wildman–Crippen LogP) is 1.88. The van der Waals surface area contributed by atoms with E-state index >= 15 is 0 Å². The molecule has 2 amide bonds. The molecule has 2 aliphatic rings. The van der Waals surface area contributed by atoms with Crippen molar-refractivity contribution in [3.05, 3.63) is 59.7 Å². The highest BCUT2D eigenvalue weighted by Gasteiger charge is 2.32. The van der Waals surface area contributed by atoms with Crippen molar-refractivity contribution in [2.75, 3.05) is 26.4 Å². The molecule has 3 atom stereocenters. The van der Waals surface area contributed by atoms with Crippen LogP contribution in [-0.4, -0.2) is 66.7 Å². The van der Waals surface area contributed by atoms with Gasteiger partial charge in [0, 0.05) is 30.9 Å². The molecule has 2 aromatic rings. The third-order valence-electron chi connectivity index (χ3n) is 6.35. The van der Waals surface area contributed by atoms with E-state index in [-0.39, 0.29) is 44.1 Å². The number of hydrogen-bond acceptors (Lipinski definition) is 6. The first-order valence-electron chi connectivity index (χ1n) is 11.3. The van der Waals surface area contributed by atoms with E-state index in [2.05, 4.69) is 34.9 Å². The van der Waals surface area contributed by atoms with E-state index in [0.717, 1.165) is 22.3 Å². The van der Waals surface area contributed by atoms with Crippen LogP contribution in [0.2, 0.25) is 0 Å². The Kier molecular flexibility index (Phi) is 7.44. The minimum atomic E-state index is -1.67. The van der Waals surface area contributed by atoms with Gasteiger partial charge >= 0.3 is 12.1 Å². The van der Waals surface area contributed by atoms with Gasteiger partial charge in [0.1, 0.15) is 6.61 Å². The fourth-order valence-electron chi connectivity index (χ4n) is 4.59. The molecule has 180 valence electrons. The summed E-state index contributed by atoms with van der Waals surface area (Å²) < 4.78 is 11.1. The van der Waals surface area contributed by atoms with Crippen LogP contribution in [0, 0.1) is 5.92 Å². The number of ether oxygens (including phenoxy) is 2. The molecule has 4 N–H and O–H groups in total. The maximum atomic E-state index is 12.6. The van der Waals surface area contributed by atoms with Crippen molar-refractivity contribution >= 4 is 18.0 Å². The number of aliphatic hydroxyl groups is 1. The van der Waals surface area contributed by atoms with Crippen molar-refractivity contribution in [3.63, 3.8) is 0 Å². The molecule has 2 unspecified atom stereocenters. The van der Waals surface area contributed by atoms with Gasteiger partial charge in [-0.2, -0.15) is 0 Å². The van der Waals surface area contributed by atoms with Gasteiger partial charge in [-0.05, 0) is 28.7 Å². The number of hydrogen-bond donors (Lipinski definition) is 4. The van der Waals surface area contributed by atoms with Crippen molar-refractivity contribution < 1.29 is 34.1 Å². The van der Waals surface area contributed by atoms with Gasteiger partial charge in [0.25, 0.3) is 0 Å². The Morgan fingerprint density at radius 1 is 1.06 bits per heavy atom. The molecule has 9 nitrogen and oxygen atoms in total. The molecule has 1 fully saturated rings. The number of benzene rings is 2. The third-order valence-corrected chi connectivity index (χ3v) is 6.35. The van der Waals surface area contributed by atoms with E-state index in [1.165, 1.54) is 0 Å². The fourth-order valence-corrected chi connectivity index (χ4v) is 4.59. The van der Waals surface area contributed by atoms with E-state index in [4.69, 9.17) is 14.6 Å². The van der Waals surface area contributed by atoms with Crippen LogP contribution in [-0.2, 0) is 19.1 Å². The topological polar surface area (TPSA) is 134 Å². The molecule has 1 saturated heterocycles. The number of alkyl carbamates (subject to hydrolysis) is 1. The van der Waals surface area contributed by atoms with Crippen LogP contribution in [0.25, 0.3) is 11.1 Å². The number of carboxylic acids is 1. The molecule has 0 aromatic heterocycles. The van der Waals surface area contributed by atoms with Gasteiger partial charge in [-0.15, -0.1) is 0 Å². The molecule has 0 saturated carbocycles. The minimum Gasteiger partial charge on any atom is -0.479 e. The van der Waals surface area contributed by atoms with Crippen LogP contribution in [0.4, 0.5) is 4.79 Å². The highest BCUT2D eigenvalue weighted by Crippen LogP contribution is 2.44. The standard InChI is InChI=1S/C25H28N2O7/c28-22(24(30)31)12-26-23(29)11-15-13-33-10-9-21(15)27-25(32)34-14-20-18-7-3-1-5-16(18)17-6-2-4-8-19(17)20/h1-8,15,20-22,28H,9-14H2,(H,26,29)(H,27,32)(H,30,31)/t15?,21?,22-/m0/s1. The maximum absolute atomic E-state index is 12.6. The average Bonchev–Trinajstić information content (AvgIpc) is 3.16. The summed E-state index contributed by atoms with van der Waals surface area (Å²) in [5.41, 5.74) is 4.55. The molecule has 0 spiro atoms. The summed E-state index contributed by atoms with van der Waals surface area (Å²) in [6, 6.07) is 15.9. The lowest BCUT2D eigenvalue weighted by Gasteiger charge is -2.31. The summed E-state index contributed by atoms with van der Waals surface area (Å²) in [7, 11) is 0. The summed E-state index contributed by atoms with van der Waals surface area (Å²) in [5.74, 6) is -2.17. The van der Waals surface area contributed by atoms with Gasteiger partial charge in [-0.3, -0.25) is 4.79 Å². The second kappa shape index (κ2) is 10.7. The largest absolute Gasteiger partial charge is 0.479 e. The molecule has 9 heteroatoms. The zero-order valence-corrected chi connectivity index (χ0v) is 18.6. The number of rotatable bonds is 8. The van der Waals surface area contributed by atoms with Crippen LogP contribution >= 0.6 is 0 Å². The Morgan fingerprint density at radius 2 is 1.71 bits per heavy atom. The van der Waals surface area contributed by atoms with Gasteiger partial charge in [0.15, 0.2) is 6.10 Å². The Labute approximate surface area is 197 Å². The molecular formula is C25H28N2O7. The zero-order valence-electron chi connectivity index (χ0n) is 18.6. The van der Waals surface area contributed by atoms with Crippen LogP contribution < -0.4 is 10.6 Å². The number of aliphatic carboxylic acids is 1. The van der Waals surface area contributed by atoms with E-state index in [1.54, 1.807) is 0 Å². The number of fused-ring (bicyclic) bond motifs is 3. The number of nitrogens with one attached hydrogen (secondary N) is 2. The normalized spacial score (nSPS) is 20.0. The van der Waals surface area contributed by atoms with Crippen LogP contribution in [0.3, 0.4) is 0 Å². The van der Waals surface area contributed by atoms with Crippen molar-refractivity contribution in [1.82, 2.24) is 10.6 Å². The van der Waals surface area contributed by atoms with Gasteiger partial charge in [-0.1, -0.05) is 48.5 Å². The molecule has 0 bridgehead atoms. The molecule has 2 aromatic carbocycles.